The van der Waals surface area contributed by atoms with Gasteiger partial charge < -0.3 is 5.73 Å². The Hall–Kier alpha value is -1.76. The molecule has 0 saturated heterocycles. The van der Waals surface area contributed by atoms with Crippen molar-refractivity contribution in [3.63, 3.8) is 0 Å². The van der Waals surface area contributed by atoms with Gasteiger partial charge in [0.1, 0.15) is 0 Å². The Morgan fingerprint density at radius 2 is 1.63 bits per heavy atom. The molecule has 1 rings (SSSR count). The Bertz CT molecular complexity index is 392. The second-order valence-electron chi connectivity index (χ2n) is 2.77. The summed E-state index contributed by atoms with van der Waals surface area (Å²) < 4.78 is 36.6. The quantitative estimate of drug-likeness (QED) is 0.320. The number of amides is 1. The van der Waals surface area contributed by atoms with Gasteiger partial charge >= 0.3 is 6.18 Å². The molecule has 1 amide bonds. The highest BCUT2D eigenvalue weighted by atomic mass is 19.4. The molecular formula is C12H20F3N3O. The van der Waals surface area contributed by atoms with Crippen LogP contribution in [0.1, 0.15) is 43.6 Å². The first-order valence-electron chi connectivity index (χ1n) is 5.84. The number of hydrogen-bond donors (Lipinski definition) is 3. The Morgan fingerprint density at radius 3 is 1.95 bits per heavy atom. The standard InChI is InChI=1S/C8H8F3N3O.2C2H6/c9-8(10,11)4-1-2-5(6(12)3-4)7(15)14-13;2*1-2/h1-3H,12-13H2,(H,14,15);2*1-2H3. The number of hydrogen-bond acceptors (Lipinski definition) is 3. The maximum atomic E-state index is 12.2. The normalized spacial score (nSPS) is 9.47. The number of carbonyl (C=O) groups excluding carboxylic acids is 1. The lowest BCUT2D eigenvalue weighted by molar-refractivity contribution is -0.137. The molecule has 0 aliphatic heterocycles. The van der Waals surface area contributed by atoms with Crippen molar-refractivity contribution >= 4 is 11.6 Å². The number of nitrogens with one attached hydrogen (secondary N) is 1. The summed E-state index contributed by atoms with van der Waals surface area (Å²) in [6.45, 7) is 8.00. The lowest BCUT2D eigenvalue weighted by Gasteiger charge is -2.09. The molecule has 5 N–H and O–H groups in total. The minimum absolute atomic E-state index is 0.0921. The Balaban J connectivity index is 0. The van der Waals surface area contributed by atoms with E-state index >= 15 is 0 Å². The van der Waals surface area contributed by atoms with E-state index in [1.54, 1.807) is 5.43 Å². The lowest BCUT2D eigenvalue weighted by atomic mass is 10.1. The van der Waals surface area contributed by atoms with Crippen molar-refractivity contribution in [2.75, 3.05) is 5.73 Å². The maximum absolute atomic E-state index is 12.2. The van der Waals surface area contributed by atoms with E-state index in [2.05, 4.69) is 0 Å². The Labute approximate surface area is 110 Å². The molecule has 0 fully saturated rings. The van der Waals surface area contributed by atoms with E-state index in [9.17, 15) is 18.0 Å². The number of nitrogen functional groups attached to an aromatic ring is 2. The summed E-state index contributed by atoms with van der Waals surface area (Å²) in [4.78, 5) is 11.0. The van der Waals surface area contributed by atoms with Crippen molar-refractivity contribution in [2.24, 2.45) is 5.84 Å². The van der Waals surface area contributed by atoms with Gasteiger partial charge in [0.25, 0.3) is 5.91 Å². The van der Waals surface area contributed by atoms with Gasteiger partial charge in [-0.2, -0.15) is 13.2 Å². The van der Waals surface area contributed by atoms with Crippen LogP contribution in [0, 0.1) is 0 Å². The minimum atomic E-state index is -4.48. The van der Waals surface area contributed by atoms with E-state index in [-0.39, 0.29) is 11.3 Å². The van der Waals surface area contributed by atoms with Crippen molar-refractivity contribution in [3.8, 4) is 0 Å². The highest BCUT2D eigenvalue weighted by molar-refractivity contribution is 5.98. The van der Waals surface area contributed by atoms with Crippen molar-refractivity contribution in [3.05, 3.63) is 29.3 Å². The van der Waals surface area contributed by atoms with E-state index in [1.807, 2.05) is 27.7 Å². The van der Waals surface area contributed by atoms with Gasteiger partial charge in [-0.1, -0.05) is 27.7 Å². The van der Waals surface area contributed by atoms with Crippen LogP contribution in [0.15, 0.2) is 18.2 Å². The number of carbonyl (C=O) groups is 1. The summed E-state index contributed by atoms with van der Waals surface area (Å²) >= 11 is 0. The summed E-state index contributed by atoms with van der Waals surface area (Å²) in [6, 6.07) is 2.42. The number of benzene rings is 1. The number of alkyl halides is 3. The van der Waals surface area contributed by atoms with Gasteiger partial charge in [-0.15, -0.1) is 0 Å². The lowest BCUT2D eigenvalue weighted by Crippen LogP contribution is -2.30. The first kappa shape index (κ1) is 19.6. The van der Waals surface area contributed by atoms with Crippen molar-refractivity contribution in [1.29, 1.82) is 0 Å². The van der Waals surface area contributed by atoms with Gasteiger partial charge in [0.2, 0.25) is 0 Å². The van der Waals surface area contributed by atoms with E-state index in [4.69, 9.17) is 11.6 Å². The third kappa shape index (κ3) is 6.10. The molecule has 0 aliphatic rings. The average Bonchev–Trinajstić information content (AvgIpc) is 2.41. The summed E-state index contributed by atoms with van der Waals surface area (Å²) in [5.41, 5.74) is 5.79. The first-order valence-corrected chi connectivity index (χ1v) is 5.84. The van der Waals surface area contributed by atoms with Gasteiger partial charge in [-0.3, -0.25) is 10.2 Å². The highest BCUT2D eigenvalue weighted by Crippen LogP contribution is 2.31. The van der Waals surface area contributed by atoms with Crippen molar-refractivity contribution in [2.45, 2.75) is 33.9 Å². The zero-order valence-electron chi connectivity index (χ0n) is 11.4. The van der Waals surface area contributed by atoms with Crippen LogP contribution in [-0.4, -0.2) is 5.91 Å². The number of hydrazine groups is 1. The number of nitrogens with two attached hydrogens (primary N) is 2. The third-order valence-corrected chi connectivity index (χ3v) is 1.75. The molecule has 0 atom stereocenters. The van der Waals surface area contributed by atoms with Crippen LogP contribution >= 0.6 is 0 Å². The fraction of sp³-hybridized carbons (Fsp3) is 0.417. The van der Waals surface area contributed by atoms with Crippen molar-refractivity contribution < 1.29 is 18.0 Å². The van der Waals surface area contributed by atoms with E-state index in [1.165, 1.54) is 0 Å². The smallest absolute Gasteiger partial charge is 0.398 e. The Morgan fingerprint density at radius 1 is 1.16 bits per heavy atom. The van der Waals surface area contributed by atoms with E-state index in [0.717, 1.165) is 12.1 Å². The second kappa shape index (κ2) is 9.21. The largest absolute Gasteiger partial charge is 0.416 e. The zero-order chi connectivity index (χ0) is 15.6. The predicted octanol–water partition coefficient (Wildman–Crippen LogP) is 2.94. The van der Waals surface area contributed by atoms with Crippen LogP contribution in [0.4, 0.5) is 18.9 Å². The monoisotopic (exact) mass is 279 g/mol. The molecule has 7 heteroatoms. The summed E-state index contributed by atoms with van der Waals surface area (Å²) in [7, 11) is 0. The maximum Gasteiger partial charge on any atom is 0.416 e. The zero-order valence-corrected chi connectivity index (χ0v) is 11.4. The van der Waals surface area contributed by atoms with Crippen LogP contribution in [-0.2, 0) is 6.18 Å². The molecule has 0 radical (unpaired) electrons. The van der Waals surface area contributed by atoms with Gasteiger partial charge in [-0.05, 0) is 18.2 Å². The average molecular weight is 279 g/mol. The first-order chi connectivity index (χ1) is 8.86. The molecule has 19 heavy (non-hydrogen) atoms. The van der Waals surface area contributed by atoms with Gasteiger partial charge in [0.15, 0.2) is 0 Å². The van der Waals surface area contributed by atoms with Gasteiger partial charge in [-0.25, -0.2) is 5.84 Å². The summed E-state index contributed by atoms with van der Waals surface area (Å²) in [5, 5.41) is 0. The fourth-order valence-corrected chi connectivity index (χ4v) is 1.02. The molecule has 0 saturated carbocycles. The molecule has 0 heterocycles. The molecule has 1 aromatic rings. The predicted molar refractivity (Wildman–Crippen MR) is 70.2 cm³/mol. The van der Waals surface area contributed by atoms with Crippen molar-refractivity contribution in [1.82, 2.24) is 5.43 Å². The number of halogens is 3. The molecule has 0 aliphatic carbocycles. The summed E-state index contributed by atoms with van der Waals surface area (Å²) in [5.74, 6) is 4.08. The topological polar surface area (TPSA) is 81.1 Å². The molecular weight excluding hydrogens is 259 g/mol. The molecule has 110 valence electrons. The van der Waals surface area contributed by atoms with Crippen LogP contribution in [0.2, 0.25) is 0 Å². The third-order valence-electron chi connectivity index (χ3n) is 1.75. The van der Waals surface area contributed by atoms with Crippen LogP contribution in [0.3, 0.4) is 0 Å². The molecule has 0 bridgehead atoms. The highest BCUT2D eigenvalue weighted by Gasteiger charge is 2.31. The van der Waals surface area contributed by atoms with Crippen LogP contribution in [0.25, 0.3) is 0 Å². The van der Waals surface area contributed by atoms with E-state index < -0.39 is 17.6 Å². The second-order valence-corrected chi connectivity index (χ2v) is 2.77. The fourth-order valence-electron chi connectivity index (χ4n) is 1.02. The van der Waals surface area contributed by atoms with Gasteiger partial charge in [0, 0.05) is 5.69 Å². The number of rotatable bonds is 1. The minimum Gasteiger partial charge on any atom is -0.398 e. The molecule has 4 nitrogen and oxygen atoms in total. The molecule has 0 aromatic heterocycles. The molecule has 1 aromatic carbocycles. The van der Waals surface area contributed by atoms with E-state index in [0.29, 0.717) is 6.07 Å². The number of anilines is 1. The summed E-state index contributed by atoms with van der Waals surface area (Å²) in [6.07, 6.45) is -4.48. The Kier molecular flexibility index (Phi) is 9.49. The van der Waals surface area contributed by atoms with Gasteiger partial charge in [0.05, 0.1) is 11.1 Å². The van der Waals surface area contributed by atoms with Crippen LogP contribution < -0.4 is 17.0 Å². The molecule has 0 unspecified atom stereocenters. The van der Waals surface area contributed by atoms with Crippen LogP contribution in [0.5, 0.6) is 0 Å². The SMILES string of the molecule is CC.CC.NNC(=O)c1ccc(C(F)(F)F)cc1N. The molecule has 0 spiro atoms.